The molecule has 2 saturated heterocycles. The van der Waals surface area contributed by atoms with Crippen LogP contribution in [0.3, 0.4) is 0 Å². The van der Waals surface area contributed by atoms with Crippen molar-refractivity contribution >= 4 is 17.5 Å². The van der Waals surface area contributed by atoms with E-state index in [0.29, 0.717) is 12.2 Å². The first-order valence-electron chi connectivity index (χ1n) is 7.41. The van der Waals surface area contributed by atoms with Gasteiger partial charge in [-0.25, -0.2) is 0 Å². The number of ether oxygens (including phenoxy) is 1. The summed E-state index contributed by atoms with van der Waals surface area (Å²) in [6, 6.07) is 3.98. The predicted molar refractivity (Wildman–Crippen MR) is 80.9 cm³/mol. The second-order valence-corrected chi connectivity index (χ2v) is 6.95. The number of nitrogens with zero attached hydrogens (tertiary/aromatic N) is 1. The van der Waals surface area contributed by atoms with E-state index in [1.807, 2.05) is 23.9 Å². The van der Waals surface area contributed by atoms with E-state index in [-0.39, 0.29) is 11.5 Å². The Labute approximate surface area is 124 Å². The minimum atomic E-state index is 0.0138. The lowest BCUT2D eigenvalue weighted by molar-refractivity contribution is -0.134. The van der Waals surface area contributed by atoms with E-state index in [1.54, 1.807) is 12.4 Å². The molecule has 0 saturated carbocycles. The van der Waals surface area contributed by atoms with Crippen LogP contribution < -0.4 is 0 Å². The molecule has 1 aromatic rings. The molecule has 2 aliphatic heterocycles. The van der Waals surface area contributed by atoms with Crippen LogP contribution in [-0.2, 0) is 16.0 Å². The summed E-state index contributed by atoms with van der Waals surface area (Å²) in [7, 11) is 0. The summed E-state index contributed by atoms with van der Waals surface area (Å²) in [4.78, 5) is 16.4. The smallest absolute Gasteiger partial charge is 0.136 e. The molecule has 1 aromatic heterocycles. The van der Waals surface area contributed by atoms with Crippen molar-refractivity contribution in [2.75, 3.05) is 18.1 Å². The summed E-state index contributed by atoms with van der Waals surface area (Å²) in [6.45, 7) is 0.756. The van der Waals surface area contributed by atoms with Gasteiger partial charge in [-0.2, -0.15) is 11.8 Å². The van der Waals surface area contributed by atoms with Crippen LogP contribution in [0.1, 0.15) is 31.2 Å². The van der Waals surface area contributed by atoms with Gasteiger partial charge in [-0.1, -0.05) is 0 Å². The maximum absolute atomic E-state index is 12.4. The Balaban J connectivity index is 1.54. The van der Waals surface area contributed by atoms with Crippen molar-refractivity contribution in [3.8, 4) is 0 Å². The van der Waals surface area contributed by atoms with Crippen LogP contribution in [0.5, 0.6) is 0 Å². The van der Waals surface area contributed by atoms with Gasteiger partial charge in [0.25, 0.3) is 0 Å². The lowest BCUT2D eigenvalue weighted by atomic mass is 9.82. The Morgan fingerprint density at radius 3 is 3.05 bits per heavy atom. The third-order valence-corrected chi connectivity index (χ3v) is 5.65. The van der Waals surface area contributed by atoms with E-state index in [9.17, 15) is 4.79 Å². The largest absolute Gasteiger partial charge is 0.374 e. The number of hydrogen-bond donors (Lipinski definition) is 0. The molecule has 2 aliphatic rings. The highest BCUT2D eigenvalue weighted by Crippen LogP contribution is 2.40. The van der Waals surface area contributed by atoms with Gasteiger partial charge in [0.15, 0.2) is 0 Å². The first kappa shape index (κ1) is 14.1. The van der Waals surface area contributed by atoms with Crippen molar-refractivity contribution in [3.05, 3.63) is 30.1 Å². The molecule has 0 N–H and O–H groups in total. The fourth-order valence-electron chi connectivity index (χ4n) is 3.19. The van der Waals surface area contributed by atoms with Gasteiger partial charge in [0, 0.05) is 37.1 Å². The number of ketones is 1. The molecule has 0 bridgehead atoms. The maximum Gasteiger partial charge on any atom is 0.136 e. The normalized spacial score (nSPS) is 29.7. The van der Waals surface area contributed by atoms with E-state index in [0.717, 1.165) is 38.0 Å². The number of thioether (sulfide) groups is 1. The Hall–Kier alpha value is -0.870. The van der Waals surface area contributed by atoms with Crippen LogP contribution in [0.15, 0.2) is 24.5 Å². The van der Waals surface area contributed by atoms with Gasteiger partial charge < -0.3 is 4.74 Å². The molecule has 0 aliphatic carbocycles. The maximum atomic E-state index is 12.4. The van der Waals surface area contributed by atoms with Gasteiger partial charge in [0.2, 0.25) is 0 Å². The lowest BCUT2D eigenvalue weighted by Gasteiger charge is -2.37. The molecule has 0 amide bonds. The third kappa shape index (κ3) is 3.23. The highest BCUT2D eigenvalue weighted by molar-refractivity contribution is 7.99. The zero-order chi connectivity index (χ0) is 13.8. The zero-order valence-electron chi connectivity index (χ0n) is 11.7. The SMILES string of the molecule is O=C(CCc1ccncc1)C1CCOC2(CCSC2)C1. The molecule has 3 nitrogen and oxygen atoms in total. The molecule has 1 spiro atoms. The Morgan fingerprint density at radius 2 is 2.30 bits per heavy atom. The highest BCUT2D eigenvalue weighted by Gasteiger charge is 2.42. The summed E-state index contributed by atoms with van der Waals surface area (Å²) >= 11 is 1.96. The molecule has 2 fully saturated rings. The standard InChI is InChI=1S/C16H21NO2S/c18-15(2-1-13-3-7-17-8-4-13)14-5-9-19-16(11-14)6-10-20-12-16/h3-4,7-8,14H,1-2,5-6,9-12H2. The first-order chi connectivity index (χ1) is 9.77. The van der Waals surface area contributed by atoms with Gasteiger partial charge in [0.1, 0.15) is 5.78 Å². The highest BCUT2D eigenvalue weighted by atomic mass is 32.2. The molecule has 3 heterocycles. The number of aryl methyl sites for hydroxylation is 1. The summed E-state index contributed by atoms with van der Waals surface area (Å²) < 4.78 is 5.99. The minimum Gasteiger partial charge on any atom is -0.374 e. The van der Waals surface area contributed by atoms with Crippen molar-refractivity contribution in [1.29, 1.82) is 0 Å². The molecule has 4 heteroatoms. The monoisotopic (exact) mass is 291 g/mol. The number of carbonyl (C=O) groups excluding carboxylic acids is 1. The van der Waals surface area contributed by atoms with Crippen LogP contribution in [0, 0.1) is 5.92 Å². The first-order valence-corrected chi connectivity index (χ1v) is 8.56. The third-order valence-electron chi connectivity index (χ3n) is 4.42. The zero-order valence-corrected chi connectivity index (χ0v) is 12.5. The van der Waals surface area contributed by atoms with Crippen molar-refractivity contribution in [3.63, 3.8) is 0 Å². The van der Waals surface area contributed by atoms with E-state index in [4.69, 9.17) is 4.74 Å². The molecule has 108 valence electrons. The van der Waals surface area contributed by atoms with E-state index < -0.39 is 0 Å². The van der Waals surface area contributed by atoms with Gasteiger partial charge in [-0.15, -0.1) is 0 Å². The Kier molecular flexibility index (Phi) is 4.41. The fourth-order valence-corrected chi connectivity index (χ4v) is 4.57. The summed E-state index contributed by atoms with van der Waals surface area (Å²) in [6.07, 6.45) is 8.03. The molecular formula is C16H21NO2S. The van der Waals surface area contributed by atoms with Crippen LogP contribution in [0.4, 0.5) is 0 Å². The molecule has 3 rings (SSSR count). The van der Waals surface area contributed by atoms with Gasteiger partial charge in [-0.3, -0.25) is 9.78 Å². The van der Waals surface area contributed by atoms with Gasteiger partial charge in [0.05, 0.1) is 5.60 Å². The Bertz CT molecular complexity index is 457. The number of pyridine rings is 1. The van der Waals surface area contributed by atoms with E-state index in [2.05, 4.69) is 4.98 Å². The summed E-state index contributed by atoms with van der Waals surface area (Å²) in [5.74, 6) is 2.88. The van der Waals surface area contributed by atoms with Crippen molar-refractivity contribution in [2.24, 2.45) is 5.92 Å². The average Bonchev–Trinajstić information content (AvgIpc) is 2.93. The number of aromatic nitrogens is 1. The minimum absolute atomic E-state index is 0.0138. The lowest BCUT2D eigenvalue weighted by Crippen LogP contribution is -2.42. The van der Waals surface area contributed by atoms with Gasteiger partial charge >= 0.3 is 0 Å². The summed E-state index contributed by atoms with van der Waals surface area (Å²) in [5.41, 5.74) is 1.21. The number of carbonyl (C=O) groups is 1. The second kappa shape index (κ2) is 6.27. The molecule has 0 aromatic carbocycles. The van der Waals surface area contributed by atoms with Crippen LogP contribution in [-0.4, -0.2) is 34.5 Å². The summed E-state index contributed by atoms with van der Waals surface area (Å²) in [5, 5.41) is 0. The topological polar surface area (TPSA) is 39.2 Å². The number of Topliss-reactive ketones (excluding diaryl/α,β-unsaturated/α-hetero) is 1. The van der Waals surface area contributed by atoms with Crippen LogP contribution >= 0.6 is 11.8 Å². The number of hydrogen-bond acceptors (Lipinski definition) is 4. The average molecular weight is 291 g/mol. The van der Waals surface area contributed by atoms with Crippen molar-refractivity contribution in [1.82, 2.24) is 4.98 Å². The van der Waals surface area contributed by atoms with Gasteiger partial charge in [-0.05, 0) is 49.1 Å². The van der Waals surface area contributed by atoms with E-state index in [1.165, 1.54) is 11.3 Å². The molecule has 0 radical (unpaired) electrons. The Morgan fingerprint density at radius 1 is 1.45 bits per heavy atom. The predicted octanol–water partition coefficient (Wildman–Crippen LogP) is 2.89. The molecule has 20 heavy (non-hydrogen) atoms. The molecule has 2 atom stereocenters. The van der Waals surface area contributed by atoms with Crippen molar-refractivity contribution in [2.45, 2.75) is 37.7 Å². The molecular weight excluding hydrogens is 270 g/mol. The van der Waals surface area contributed by atoms with Crippen LogP contribution in [0.25, 0.3) is 0 Å². The fraction of sp³-hybridized carbons (Fsp3) is 0.625. The van der Waals surface area contributed by atoms with E-state index >= 15 is 0 Å². The quantitative estimate of drug-likeness (QED) is 0.855. The second-order valence-electron chi connectivity index (χ2n) is 5.85. The van der Waals surface area contributed by atoms with Crippen LogP contribution in [0.2, 0.25) is 0 Å². The number of rotatable bonds is 4. The molecule has 2 unspecified atom stereocenters. The van der Waals surface area contributed by atoms with Crippen molar-refractivity contribution < 1.29 is 9.53 Å².